The summed E-state index contributed by atoms with van der Waals surface area (Å²) in [7, 11) is 0. The number of alkyl halides is 3. The normalized spacial score (nSPS) is 13.5. The second-order valence-electron chi connectivity index (χ2n) is 5.85. The Bertz CT molecular complexity index is 531. The van der Waals surface area contributed by atoms with Gasteiger partial charge >= 0.3 is 12.3 Å². The molecule has 4 N–H and O–H groups in total. The van der Waals surface area contributed by atoms with Crippen molar-refractivity contribution in [2.45, 2.75) is 45.1 Å². The van der Waals surface area contributed by atoms with Gasteiger partial charge in [-0.2, -0.15) is 18.3 Å². The standard InChI is InChI=1S/C13H20F3N5O2/c1-12(2,3)23-11(22)20-10-4-8(6-19-21-10)5-18-7-9(17)13(14,15)16/h4,6,9,18H,5,7,17H2,1-3H3,(H,20,21,22)/t9-/m0/s1. The highest BCUT2D eigenvalue weighted by Crippen LogP contribution is 2.17. The number of hydrogen-bond acceptors (Lipinski definition) is 6. The molecule has 130 valence electrons. The average Bonchev–Trinajstić information content (AvgIpc) is 2.35. The van der Waals surface area contributed by atoms with Gasteiger partial charge in [0.05, 0.1) is 6.20 Å². The molecule has 0 unspecified atom stereocenters. The molecule has 23 heavy (non-hydrogen) atoms. The molecule has 1 heterocycles. The van der Waals surface area contributed by atoms with E-state index in [9.17, 15) is 18.0 Å². The molecular weight excluding hydrogens is 315 g/mol. The maximum absolute atomic E-state index is 12.3. The Kier molecular flexibility index (Phi) is 6.28. The third-order valence-corrected chi connectivity index (χ3v) is 2.45. The monoisotopic (exact) mass is 335 g/mol. The number of hydrogen-bond donors (Lipinski definition) is 3. The van der Waals surface area contributed by atoms with Gasteiger partial charge in [0.1, 0.15) is 11.6 Å². The van der Waals surface area contributed by atoms with E-state index < -0.39 is 30.5 Å². The molecule has 1 rings (SSSR count). The van der Waals surface area contributed by atoms with Crippen molar-refractivity contribution >= 4 is 11.9 Å². The minimum absolute atomic E-state index is 0.0995. The lowest BCUT2D eigenvalue weighted by molar-refractivity contribution is -0.146. The molecule has 0 aromatic carbocycles. The fraction of sp³-hybridized carbons (Fsp3) is 0.615. The minimum atomic E-state index is -4.45. The van der Waals surface area contributed by atoms with Crippen LogP contribution in [0.2, 0.25) is 0 Å². The first-order chi connectivity index (χ1) is 10.5. The summed E-state index contributed by atoms with van der Waals surface area (Å²) in [4.78, 5) is 11.6. The van der Waals surface area contributed by atoms with E-state index in [0.29, 0.717) is 5.56 Å². The summed E-state index contributed by atoms with van der Waals surface area (Å²) in [5.41, 5.74) is 4.86. The van der Waals surface area contributed by atoms with Gasteiger partial charge in [0.15, 0.2) is 5.82 Å². The number of rotatable bonds is 5. The SMILES string of the molecule is CC(C)(C)OC(=O)Nc1cc(CNC[C@H](N)C(F)(F)F)cnn1. The van der Waals surface area contributed by atoms with Crippen molar-refractivity contribution in [2.24, 2.45) is 5.73 Å². The molecule has 1 aromatic heterocycles. The lowest BCUT2D eigenvalue weighted by Gasteiger charge is -2.19. The first kappa shape index (κ1) is 19.1. The van der Waals surface area contributed by atoms with Gasteiger partial charge in [0.2, 0.25) is 0 Å². The van der Waals surface area contributed by atoms with E-state index in [1.54, 1.807) is 20.8 Å². The minimum Gasteiger partial charge on any atom is -0.444 e. The highest BCUT2D eigenvalue weighted by molar-refractivity contribution is 5.83. The number of ether oxygens (including phenoxy) is 1. The van der Waals surface area contributed by atoms with E-state index in [1.807, 2.05) is 0 Å². The fourth-order valence-electron chi connectivity index (χ4n) is 1.46. The third kappa shape index (κ3) is 7.75. The Morgan fingerprint density at radius 3 is 2.61 bits per heavy atom. The van der Waals surface area contributed by atoms with Gasteiger partial charge in [-0.05, 0) is 32.4 Å². The van der Waals surface area contributed by atoms with Gasteiger partial charge in [0, 0.05) is 13.1 Å². The molecule has 0 saturated heterocycles. The molecule has 0 aliphatic carbocycles. The van der Waals surface area contributed by atoms with Crippen LogP contribution in [0.15, 0.2) is 12.3 Å². The molecule has 1 aromatic rings. The van der Waals surface area contributed by atoms with Crippen molar-refractivity contribution in [1.29, 1.82) is 0 Å². The lowest BCUT2D eigenvalue weighted by atomic mass is 10.2. The number of nitrogens with two attached hydrogens (primary N) is 1. The van der Waals surface area contributed by atoms with Gasteiger partial charge < -0.3 is 15.8 Å². The molecule has 7 nitrogen and oxygen atoms in total. The molecule has 0 aliphatic rings. The van der Waals surface area contributed by atoms with E-state index in [1.165, 1.54) is 12.3 Å². The second-order valence-corrected chi connectivity index (χ2v) is 5.85. The number of nitrogens with zero attached hydrogens (tertiary/aromatic N) is 2. The van der Waals surface area contributed by atoms with Crippen LogP contribution in [-0.4, -0.2) is 40.7 Å². The van der Waals surface area contributed by atoms with Crippen LogP contribution in [0.25, 0.3) is 0 Å². The summed E-state index contributed by atoms with van der Waals surface area (Å²) in [5.74, 6) is 0.138. The Hall–Kier alpha value is -1.94. The van der Waals surface area contributed by atoms with E-state index in [2.05, 4.69) is 20.8 Å². The van der Waals surface area contributed by atoms with Gasteiger partial charge in [-0.1, -0.05) is 0 Å². The molecule has 1 atom stereocenters. The molecular formula is C13H20F3N5O2. The van der Waals surface area contributed by atoms with Crippen molar-refractivity contribution in [2.75, 3.05) is 11.9 Å². The van der Waals surface area contributed by atoms with Crippen molar-refractivity contribution < 1.29 is 22.7 Å². The molecule has 0 spiro atoms. The Morgan fingerprint density at radius 1 is 1.39 bits per heavy atom. The van der Waals surface area contributed by atoms with Gasteiger partial charge in [-0.3, -0.25) is 5.32 Å². The van der Waals surface area contributed by atoms with Crippen LogP contribution < -0.4 is 16.4 Å². The van der Waals surface area contributed by atoms with E-state index in [-0.39, 0.29) is 12.4 Å². The average molecular weight is 335 g/mol. The number of aromatic nitrogens is 2. The van der Waals surface area contributed by atoms with E-state index in [4.69, 9.17) is 10.5 Å². The first-order valence-electron chi connectivity index (χ1n) is 6.82. The summed E-state index contributed by atoms with van der Waals surface area (Å²) in [5, 5.41) is 12.3. The van der Waals surface area contributed by atoms with Gasteiger partial charge in [0.25, 0.3) is 0 Å². The van der Waals surface area contributed by atoms with Gasteiger partial charge in [-0.15, -0.1) is 5.10 Å². The molecule has 1 amide bonds. The van der Waals surface area contributed by atoms with Crippen LogP contribution in [0.1, 0.15) is 26.3 Å². The van der Waals surface area contributed by atoms with Crippen LogP contribution in [-0.2, 0) is 11.3 Å². The number of nitrogens with one attached hydrogen (secondary N) is 2. The zero-order valence-electron chi connectivity index (χ0n) is 13.1. The van der Waals surface area contributed by atoms with Crippen LogP contribution in [0.4, 0.5) is 23.8 Å². The summed E-state index contributed by atoms with van der Waals surface area (Å²) in [6, 6.07) is -0.472. The number of carbonyl (C=O) groups is 1. The molecule has 0 saturated carbocycles. The zero-order valence-corrected chi connectivity index (χ0v) is 13.1. The largest absolute Gasteiger partial charge is 0.444 e. The van der Waals surface area contributed by atoms with Crippen molar-refractivity contribution in [3.05, 3.63) is 17.8 Å². The topological polar surface area (TPSA) is 102 Å². The Labute approximate surface area is 131 Å². The van der Waals surface area contributed by atoms with Crippen molar-refractivity contribution in [1.82, 2.24) is 15.5 Å². The lowest BCUT2D eigenvalue weighted by Crippen LogP contribution is -2.45. The summed E-state index contributed by atoms with van der Waals surface area (Å²) in [6.07, 6.45) is -3.78. The summed E-state index contributed by atoms with van der Waals surface area (Å²) >= 11 is 0. The number of carbonyl (C=O) groups excluding carboxylic acids is 1. The first-order valence-corrected chi connectivity index (χ1v) is 6.82. The third-order valence-electron chi connectivity index (χ3n) is 2.45. The van der Waals surface area contributed by atoms with Gasteiger partial charge in [-0.25, -0.2) is 4.79 Å². The summed E-state index contributed by atoms with van der Waals surface area (Å²) in [6.45, 7) is 4.80. The maximum atomic E-state index is 12.3. The van der Waals surface area contributed by atoms with Crippen LogP contribution in [0.5, 0.6) is 0 Å². The fourth-order valence-corrected chi connectivity index (χ4v) is 1.46. The van der Waals surface area contributed by atoms with Crippen LogP contribution in [0, 0.1) is 0 Å². The zero-order chi connectivity index (χ0) is 17.7. The number of amides is 1. The van der Waals surface area contributed by atoms with E-state index in [0.717, 1.165) is 0 Å². The number of anilines is 1. The Morgan fingerprint density at radius 2 is 2.04 bits per heavy atom. The molecule has 10 heteroatoms. The van der Waals surface area contributed by atoms with Crippen LogP contribution in [0.3, 0.4) is 0 Å². The second kappa shape index (κ2) is 7.55. The highest BCUT2D eigenvalue weighted by Gasteiger charge is 2.36. The Balaban J connectivity index is 2.52. The summed E-state index contributed by atoms with van der Waals surface area (Å²) < 4.78 is 41.9. The highest BCUT2D eigenvalue weighted by atomic mass is 19.4. The molecule has 0 aliphatic heterocycles. The molecule has 0 radical (unpaired) electrons. The van der Waals surface area contributed by atoms with Crippen LogP contribution >= 0.6 is 0 Å². The predicted molar refractivity (Wildman–Crippen MR) is 77.6 cm³/mol. The van der Waals surface area contributed by atoms with Crippen molar-refractivity contribution in [3.63, 3.8) is 0 Å². The molecule has 0 fully saturated rings. The predicted octanol–water partition coefficient (Wildman–Crippen LogP) is 1.80. The van der Waals surface area contributed by atoms with Crippen molar-refractivity contribution in [3.8, 4) is 0 Å². The smallest absolute Gasteiger partial charge is 0.413 e. The number of halogens is 3. The maximum Gasteiger partial charge on any atom is 0.413 e. The molecule has 0 bridgehead atoms. The van der Waals surface area contributed by atoms with E-state index >= 15 is 0 Å². The quantitative estimate of drug-likeness (QED) is 0.758.